The van der Waals surface area contributed by atoms with E-state index in [2.05, 4.69) is 18.8 Å². The summed E-state index contributed by atoms with van der Waals surface area (Å²) in [7, 11) is 0. The lowest BCUT2D eigenvalue weighted by Gasteiger charge is -2.57. The zero-order valence-corrected chi connectivity index (χ0v) is 13.1. The normalized spacial score (nSPS) is 23.6. The van der Waals surface area contributed by atoms with Crippen molar-refractivity contribution >= 4 is 0 Å². The second kappa shape index (κ2) is 4.55. The number of nitriles is 1. The Labute approximate surface area is 133 Å². The number of halogens is 1. The van der Waals surface area contributed by atoms with Gasteiger partial charge in [-0.1, -0.05) is 26.0 Å². The third-order valence-electron chi connectivity index (χ3n) is 5.87. The molecule has 1 heterocycles. The van der Waals surface area contributed by atoms with Crippen LogP contribution in [0, 0.1) is 28.5 Å². The molecule has 3 aliphatic rings. The summed E-state index contributed by atoms with van der Waals surface area (Å²) < 4.78 is 13.2. The van der Waals surface area contributed by atoms with Crippen LogP contribution < -0.4 is 5.56 Å². The lowest BCUT2D eigenvalue weighted by Crippen LogP contribution is -2.49. The Morgan fingerprint density at radius 3 is 2.61 bits per heavy atom. The largest absolute Gasteiger partial charge is 0.324 e. The van der Waals surface area contributed by atoms with Crippen molar-refractivity contribution in [3.8, 4) is 17.2 Å². The van der Waals surface area contributed by atoms with Gasteiger partial charge in [-0.3, -0.25) is 4.79 Å². The Balaban J connectivity index is 2.01. The molecule has 23 heavy (non-hydrogen) atoms. The summed E-state index contributed by atoms with van der Waals surface area (Å²) in [6.07, 6.45) is 1.95. The van der Waals surface area contributed by atoms with Crippen molar-refractivity contribution in [3.63, 3.8) is 0 Å². The molecule has 0 aliphatic heterocycles. The van der Waals surface area contributed by atoms with Crippen LogP contribution in [0.5, 0.6) is 0 Å². The number of benzene rings is 1. The van der Waals surface area contributed by atoms with Crippen molar-refractivity contribution in [1.82, 2.24) is 4.98 Å². The molecule has 0 radical (unpaired) electrons. The van der Waals surface area contributed by atoms with Crippen LogP contribution in [0.3, 0.4) is 0 Å². The molecule has 1 aromatic carbocycles. The summed E-state index contributed by atoms with van der Waals surface area (Å²) in [6, 6.07) is 8.08. The van der Waals surface area contributed by atoms with E-state index in [9.17, 15) is 14.4 Å². The molecule has 3 nitrogen and oxygen atoms in total. The number of aromatic amines is 1. The molecule has 2 bridgehead atoms. The molecule has 5 rings (SSSR count). The quantitative estimate of drug-likeness (QED) is 0.872. The van der Waals surface area contributed by atoms with Crippen molar-refractivity contribution in [1.29, 1.82) is 5.26 Å². The van der Waals surface area contributed by atoms with E-state index in [1.807, 2.05) is 6.07 Å². The molecule has 4 heteroatoms. The molecular weight excluding hydrogens is 291 g/mol. The van der Waals surface area contributed by atoms with Gasteiger partial charge in [-0.2, -0.15) is 5.26 Å². The van der Waals surface area contributed by atoms with Crippen molar-refractivity contribution in [2.24, 2.45) is 11.3 Å². The lowest BCUT2D eigenvalue weighted by atomic mass is 9.48. The molecule has 1 N–H and O–H groups in total. The fraction of sp³-hybridized carbons (Fsp3) is 0.368. The number of H-pyrrole nitrogens is 1. The van der Waals surface area contributed by atoms with Gasteiger partial charge in [0.2, 0.25) is 0 Å². The van der Waals surface area contributed by atoms with E-state index < -0.39 is 0 Å². The number of rotatable bonds is 1. The van der Waals surface area contributed by atoms with E-state index >= 15 is 0 Å². The predicted molar refractivity (Wildman–Crippen MR) is 85.5 cm³/mol. The van der Waals surface area contributed by atoms with Crippen LogP contribution in [0.25, 0.3) is 11.1 Å². The predicted octanol–water partition coefficient (Wildman–Crippen LogP) is 3.74. The van der Waals surface area contributed by atoms with Gasteiger partial charge in [-0.25, -0.2) is 4.39 Å². The van der Waals surface area contributed by atoms with Crippen molar-refractivity contribution < 1.29 is 4.39 Å². The highest BCUT2D eigenvalue weighted by atomic mass is 19.1. The molecule has 2 atom stereocenters. The summed E-state index contributed by atoms with van der Waals surface area (Å²) >= 11 is 0. The fourth-order valence-electron chi connectivity index (χ4n) is 4.31. The third kappa shape index (κ3) is 1.83. The van der Waals surface area contributed by atoms with E-state index in [1.165, 1.54) is 12.1 Å². The Bertz CT molecular complexity index is 903. The summed E-state index contributed by atoms with van der Waals surface area (Å²) in [5.74, 6) is 0.572. The Morgan fingerprint density at radius 1 is 1.30 bits per heavy atom. The van der Waals surface area contributed by atoms with Gasteiger partial charge < -0.3 is 4.98 Å². The first-order valence-electron chi connectivity index (χ1n) is 7.88. The number of pyridine rings is 1. The smallest absolute Gasteiger partial charge is 0.266 e. The van der Waals surface area contributed by atoms with Crippen LogP contribution in [0.2, 0.25) is 0 Å². The number of nitrogens with one attached hydrogen (secondary N) is 1. The van der Waals surface area contributed by atoms with Crippen molar-refractivity contribution in [2.45, 2.75) is 32.6 Å². The topological polar surface area (TPSA) is 56.6 Å². The lowest BCUT2D eigenvalue weighted by molar-refractivity contribution is 0.0155. The molecule has 3 aliphatic carbocycles. The van der Waals surface area contributed by atoms with Crippen molar-refractivity contribution in [2.75, 3.05) is 0 Å². The summed E-state index contributed by atoms with van der Waals surface area (Å²) in [5, 5.41) is 9.45. The molecule has 0 saturated heterocycles. The minimum absolute atomic E-state index is 0.134. The molecule has 2 aromatic rings. The van der Waals surface area contributed by atoms with Gasteiger partial charge >= 0.3 is 0 Å². The first kappa shape index (κ1) is 14.2. The first-order valence-corrected chi connectivity index (χ1v) is 7.88. The average Bonchev–Trinajstić information content (AvgIpc) is 2.53. The zero-order chi connectivity index (χ0) is 16.4. The van der Waals surface area contributed by atoms with Crippen molar-refractivity contribution in [3.05, 3.63) is 57.3 Å². The van der Waals surface area contributed by atoms with Crippen LogP contribution in [0.4, 0.5) is 4.39 Å². The minimum atomic E-state index is -0.341. The maximum absolute atomic E-state index is 13.2. The number of nitrogens with zero attached hydrogens (tertiary/aromatic N) is 1. The Kier molecular flexibility index (Phi) is 2.81. The van der Waals surface area contributed by atoms with E-state index in [1.54, 1.807) is 12.1 Å². The summed E-state index contributed by atoms with van der Waals surface area (Å²) in [4.78, 5) is 15.4. The Morgan fingerprint density at radius 2 is 2.00 bits per heavy atom. The van der Waals surface area contributed by atoms with E-state index in [0.717, 1.165) is 29.7 Å². The van der Waals surface area contributed by atoms with Gasteiger partial charge in [-0.15, -0.1) is 0 Å². The van der Waals surface area contributed by atoms with Gasteiger partial charge in [0.15, 0.2) is 0 Å². The van der Waals surface area contributed by atoms with Gasteiger partial charge in [0.25, 0.3) is 5.56 Å². The first-order chi connectivity index (χ1) is 10.9. The second-order valence-corrected chi connectivity index (χ2v) is 7.23. The Hall–Kier alpha value is -2.41. The maximum Gasteiger partial charge on any atom is 0.266 e. The minimum Gasteiger partial charge on any atom is -0.324 e. The van der Waals surface area contributed by atoms with E-state index in [0.29, 0.717) is 17.4 Å². The van der Waals surface area contributed by atoms with Crippen LogP contribution in [0.1, 0.15) is 43.0 Å². The van der Waals surface area contributed by atoms with Gasteiger partial charge in [-0.05, 0) is 47.4 Å². The number of aromatic nitrogens is 1. The molecule has 116 valence electrons. The van der Waals surface area contributed by atoms with Crippen LogP contribution in [-0.4, -0.2) is 4.98 Å². The average molecular weight is 308 g/mol. The molecule has 1 aromatic heterocycles. The highest BCUT2D eigenvalue weighted by Gasteiger charge is 2.53. The van der Waals surface area contributed by atoms with Crippen LogP contribution >= 0.6 is 0 Å². The monoisotopic (exact) mass is 308 g/mol. The molecule has 0 spiro atoms. The second-order valence-electron chi connectivity index (χ2n) is 7.23. The van der Waals surface area contributed by atoms with Gasteiger partial charge in [0, 0.05) is 17.2 Å². The van der Waals surface area contributed by atoms with E-state index in [4.69, 9.17) is 0 Å². The number of hydrogen-bond acceptors (Lipinski definition) is 2. The summed E-state index contributed by atoms with van der Waals surface area (Å²) in [5.41, 5.74) is 3.45. The van der Waals surface area contributed by atoms with Crippen LogP contribution in [0.15, 0.2) is 29.1 Å². The molecule has 1 fully saturated rings. The van der Waals surface area contributed by atoms with Gasteiger partial charge in [0.05, 0.1) is 0 Å². The SMILES string of the molecule is CC1(C)[C@H]2Cc3c([nH]c(=O)c(C#N)c3-c3ccc(F)cc3)[C@@H]1C2. The standard InChI is InChI=1S/C19H17FN2O/c1-19(2)11-7-13-16(10-3-5-12(20)6-4-10)14(9-21)18(23)22-17(13)15(19)8-11/h3-6,11,15H,7-8H2,1-2H3,(H,22,23)/t11-,15-/m0/s1. The fourth-order valence-corrected chi connectivity index (χ4v) is 4.31. The third-order valence-corrected chi connectivity index (χ3v) is 5.87. The highest BCUT2D eigenvalue weighted by Crippen LogP contribution is 2.62. The molecule has 0 unspecified atom stereocenters. The maximum atomic E-state index is 13.2. The van der Waals surface area contributed by atoms with Gasteiger partial charge in [0.1, 0.15) is 17.4 Å². The number of hydrogen-bond donors (Lipinski definition) is 1. The highest BCUT2D eigenvalue weighted by molar-refractivity contribution is 5.75. The molecular formula is C19H17FN2O. The zero-order valence-electron chi connectivity index (χ0n) is 13.1. The van der Waals surface area contributed by atoms with E-state index in [-0.39, 0.29) is 22.4 Å². The van der Waals surface area contributed by atoms with Crippen LogP contribution in [-0.2, 0) is 6.42 Å². The molecule has 0 amide bonds. The summed E-state index contributed by atoms with van der Waals surface area (Å²) in [6.45, 7) is 4.48. The molecule has 1 saturated carbocycles.